The molecule has 0 aliphatic carbocycles. The number of aryl methyl sites for hydroxylation is 1. The molecule has 0 radical (unpaired) electrons. The second-order valence-electron chi connectivity index (χ2n) is 5.73. The molecule has 0 spiro atoms. The van der Waals surface area contributed by atoms with Crippen molar-refractivity contribution >= 4 is 29.1 Å². The molecule has 2 heterocycles. The Hall–Kier alpha value is -1.62. The number of carbonyl (C=O) groups is 1. The third-order valence-electron chi connectivity index (χ3n) is 4.11. The molecule has 3 rings (SSSR count). The Morgan fingerprint density at radius 2 is 2.00 bits per heavy atom. The molecule has 1 aliphatic rings. The first kappa shape index (κ1) is 17.2. The molecule has 1 aliphatic heterocycles. The summed E-state index contributed by atoms with van der Waals surface area (Å²) in [4.78, 5) is 18.3. The summed E-state index contributed by atoms with van der Waals surface area (Å²) < 4.78 is 5.80. The molecule has 0 unspecified atom stereocenters. The van der Waals surface area contributed by atoms with E-state index in [2.05, 4.69) is 4.98 Å². The number of benzene rings is 1. The van der Waals surface area contributed by atoms with Gasteiger partial charge in [-0.3, -0.25) is 9.78 Å². The summed E-state index contributed by atoms with van der Waals surface area (Å²) >= 11 is 12.0. The SMILES string of the molecule is O=C(CCc1ccncc1)N1CCO[C@@H](c2ccc(Cl)c(Cl)c2)C1. The summed E-state index contributed by atoms with van der Waals surface area (Å²) in [5.74, 6) is 0.139. The second-order valence-corrected chi connectivity index (χ2v) is 6.54. The molecule has 4 nitrogen and oxygen atoms in total. The van der Waals surface area contributed by atoms with Crippen molar-refractivity contribution in [2.24, 2.45) is 0 Å². The fourth-order valence-corrected chi connectivity index (χ4v) is 3.06. The number of aromatic nitrogens is 1. The maximum absolute atomic E-state index is 12.5. The number of hydrogen-bond acceptors (Lipinski definition) is 3. The van der Waals surface area contributed by atoms with Gasteiger partial charge in [0.25, 0.3) is 0 Å². The van der Waals surface area contributed by atoms with Crippen LogP contribution in [0.25, 0.3) is 0 Å². The molecular weight excluding hydrogens is 347 g/mol. The molecule has 2 aromatic rings. The van der Waals surface area contributed by atoms with E-state index >= 15 is 0 Å². The lowest BCUT2D eigenvalue weighted by Gasteiger charge is -2.33. The van der Waals surface area contributed by atoms with Crippen molar-refractivity contribution < 1.29 is 9.53 Å². The zero-order valence-corrected chi connectivity index (χ0v) is 14.6. The quantitative estimate of drug-likeness (QED) is 0.825. The Bertz CT molecular complexity index is 709. The van der Waals surface area contributed by atoms with Gasteiger partial charge < -0.3 is 9.64 Å². The average Bonchev–Trinajstić information content (AvgIpc) is 2.63. The van der Waals surface area contributed by atoms with Gasteiger partial charge in [-0.15, -0.1) is 0 Å². The Balaban J connectivity index is 1.60. The standard InChI is InChI=1S/C18H18Cl2N2O2/c19-15-3-2-14(11-16(15)20)17-12-22(9-10-24-17)18(23)4-1-13-5-7-21-8-6-13/h2-3,5-8,11,17H,1,4,9-10,12H2/t17-/m1/s1. The molecule has 0 N–H and O–H groups in total. The number of amides is 1. The fraction of sp³-hybridized carbons (Fsp3) is 0.333. The van der Waals surface area contributed by atoms with Gasteiger partial charge in [0.15, 0.2) is 0 Å². The minimum absolute atomic E-state index is 0.139. The average molecular weight is 365 g/mol. The van der Waals surface area contributed by atoms with E-state index in [9.17, 15) is 4.79 Å². The van der Waals surface area contributed by atoms with Gasteiger partial charge in [-0.05, 0) is 41.8 Å². The van der Waals surface area contributed by atoms with E-state index < -0.39 is 0 Å². The predicted octanol–water partition coefficient (Wildman–Crippen LogP) is 3.92. The number of hydrogen-bond donors (Lipinski definition) is 0. The molecule has 1 aromatic carbocycles. The largest absolute Gasteiger partial charge is 0.370 e. The number of morpholine rings is 1. The third kappa shape index (κ3) is 4.26. The van der Waals surface area contributed by atoms with Crippen LogP contribution in [0.4, 0.5) is 0 Å². The van der Waals surface area contributed by atoms with Crippen LogP contribution in [0.3, 0.4) is 0 Å². The smallest absolute Gasteiger partial charge is 0.223 e. The molecule has 0 saturated carbocycles. The highest BCUT2D eigenvalue weighted by molar-refractivity contribution is 6.42. The van der Waals surface area contributed by atoms with Gasteiger partial charge >= 0.3 is 0 Å². The van der Waals surface area contributed by atoms with Crippen LogP contribution < -0.4 is 0 Å². The number of halogens is 2. The molecule has 0 bridgehead atoms. The summed E-state index contributed by atoms with van der Waals surface area (Å²) in [6.45, 7) is 1.67. The Morgan fingerprint density at radius 1 is 1.21 bits per heavy atom. The van der Waals surface area contributed by atoms with E-state index in [0.29, 0.717) is 36.2 Å². The van der Waals surface area contributed by atoms with Crippen molar-refractivity contribution in [3.63, 3.8) is 0 Å². The lowest BCUT2D eigenvalue weighted by Crippen LogP contribution is -2.42. The van der Waals surface area contributed by atoms with Crippen molar-refractivity contribution in [2.45, 2.75) is 18.9 Å². The summed E-state index contributed by atoms with van der Waals surface area (Å²) in [6, 6.07) is 9.33. The number of ether oxygens (including phenoxy) is 1. The molecular formula is C18H18Cl2N2O2. The Kier molecular flexibility index (Phi) is 5.72. The van der Waals surface area contributed by atoms with E-state index in [0.717, 1.165) is 17.5 Å². The highest BCUT2D eigenvalue weighted by Crippen LogP contribution is 2.29. The van der Waals surface area contributed by atoms with Crippen LogP contribution in [0.15, 0.2) is 42.7 Å². The first-order valence-electron chi connectivity index (χ1n) is 7.87. The molecule has 6 heteroatoms. The predicted molar refractivity (Wildman–Crippen MR) is 94.3 cm³/mol. The van der Waals surface area contributed by atoms with E-state index in [1.54, 1.807) is 24.5 Å². The van der Waals surface area contributed by atoms with Crippen LogP contribution in [0.1, 0.15) is 23.7 Å². The van der Waals surface area contributed by atoms with Gasteiger partial charge in [0.05, 0.1) is 23.2 Å². The maximum Gasteiger partial charge on any atom is 0.223 e. The summed E-state index contributed by atoms with van der Waals surface area (Å²) in [5.41, 5.74) is 2.06. The molecule has 1 aromatic heterocycles. The normalized spacial score (nSPS) is 17.8. The van der Waals surface area contributed by atoms with E-state index in [1.807, 2.05) is 23.1 Å². The first-order chi connectivity index (χ1) is 11.6. The zero-order chi connectivity index (χ0) is 16.9. The van der Waals surface area contributed by atoms with Crippen molar-refractivity contribution in [3.8, 4) is 0 Å². The number of pyridine rings is 1. The van der Waals surface area contributed by atoms with Crippen LogP contribution in [0.5, 0.6) is 0 Å². The molecule has 1 amide bonds. The van der Waals surface area contributed by atoms with E-state index in [-0.39, 0.29) is 12.0 Å². The van der Waals surface area contributed by atoms with E-state index in [1.165, 1.54) is 0 Å². The second kappa shape index (κ2) is 7.97. The monoisotopic (exact) mass is 364 g/mol. The Morgan fingerprint density at radius 3 is 2.75 bits per heavy atom. The number of carbonyl (C=O) groups excluding carboxylic acids is 1. The third-order valence-corrected chi connectivity index (χ3v) is 4.85. The van der Waals surface area contributed by atoms with Gasteiger partial charge in [-0.25, -0.2) is 0 Å². The first-order valence-corrected chi connectivity index (χ1v) is 8.62. The fourth-order valence-electron chi connectivity index (χ4n) is 2.75. The summed E-state index contributed by atoms with van der Waals surface area (Å²) in [5, 5.41) is 1.01. The van der Waals surface area contributed by atoms with Gasteiger partial charge in [-0.1, -0.05) is 29.3 Å². The highest BCUT2D eigenvalue weighted by atomic mass is 35.5. The van der Waals surface area contributed by atoms with Crippen molar-refractivity contribution in [1.29, 1.82) is 0 Å². The van der Waals surface area contributed by atoms with Gasteiger partial charge in [0.2, 0.25) is 5.91 Å². The lowest BCUT2D eigenvalue weighted by molar-refractivity contribution is -0.139. The minimum atomic E-state index is -0.168. The number of nitrogens with zero attached hydrogens (tertiary/aromatic N) is 2. The zero-order valence-electron chi connectivity index (χ0n) is 13.1. The maximum atomic E-state index is 12.5. The molecule has 1 atom stereocenters. The van der Waals surface area contributed by atoms with Crippen molar-refractivity contribution in [1.82, 2.24) is 9.88 Å². The van der Waals surface area contributed by atoms with Crippen LogP contribution >= 0.6 is 23.2 Å². The van der Waals surface area contributed by atoms with Gasteiger partial charge in [0.1, 0.15) is 6.10 Å². The minimum Gasteiger partial charge on any atom is -0.370 e. The summed E-state index contributed by atoms with van der Waals surface area (Å²) in [6.07, 6.45) is 4.52. The topological polar surface area (TPSA) is 42.4 Å². The van der Waals surface area contributed by atoms with Gasteiger partial charge in [0, 0.05) is 25.4 Å². The van der Waals surface area contributed by atoms with Gasteiger partial charge in [-0.2, -0.15) is 0 Å². The van der Waals surface area contributed by atoms with Crippen LogP contribution in [-0.2, 0) is 16.0 Å². The molecule has 1 saturated heterocycles. The Labute approximate surface area is 151 Å². The van der Waals surface area contributed by atoms with Crippen LogP contribution in [0.2, 0.25) is 10.0 Å². The van der Waals surface area contributed by atoms with Crippen LogP contribution in [-0.4, -0.2) is 35.5 Å². The molecule has 1 fully saturated rings. The van der Waals surface area contributed by atoms with Crippen molar-refractivity contribution in [2.75, 3.05) is 19.7 Å². The summed E-state index contributed by atoms with van der Waals surface area (Å²) in [7, 11) is 0. The highest BCUT2D eigenvalue weighted by Gasteiger charge is 2.25. The molecule has 126 valence electrons. The molecule has 24 heavy (non-hydrogen) atoms. The van der Waals surface area contributed by atoms with Crippen molar-refractivity contribution in [3.05, 3.63) is 63.9 Å². The van der Waals surface area contributed by atoms with E-state index in [4.69, 9.17) is 27.9 Å². The lowest BCUT2D eigenvalue weighted by atomic mass is 10.1. The number of rotatable bonds is 4. The van der Waals surface area contributed by atoms with Crippen LogP contribution in [0, 0.1) is 0 Å².